The van der Waals surface area contributed by atoms with Gasteiger partial charge < -0.3 is 15.4 Å². The zero-order chi connectivity index (χ0) is 18.1. The first-order chi connectivity index (χ1) is 12.1. The molecule has 0 aliphatic heterocycles. The van der Waals surface area contributed by atoms with Crippen LogP contribution in [0.15, 0.2) is 47.6 Å². The van der Waals surface area contributed by atoms with Crippen molar-refractivity contribution in [3.63, 3.8) is 0 Å². The molecule has 25 heavy (non-hydrogen) atoms. The summed E-state index contributed by atoms with van der Waals surface area (Å²) in [6, 6.07) is 12.4. The molecule has 0 fully saturated rings. The van der Waals surface area contributed by atoms with Crippen LogP contribution >= 0.6 is 0 Å². The Morgan fingerprint density at radius 3 is 2.40 bits per heavy atom. The summed E-state index contributed by atoms with van der Waals surface area (Å²) in [6.45, 7) is 10.3. The molecular weight excluding hydrogens is 312 g/mol. The Balaban J connectivity index is 1.93. The normalized spacial score (nSPS) is 11.5. The number of nitrogens with one attached hydrogen (secondary N) is 2. The monoisotopic (exact) mass is 340 g/mol. The largest absolute Gasteiger partial charge is 0.475 e. The molecule has 1 aromatic carbocycles. The van der Waals surface area contributed by atoms with E-state index in [-0.39, 0.29) is 6.10 Å². The summed E-state index contributed by atoms with van der Waals surface area (Å²) in [6.07, 6.45) is 1.94. The van der Waals surface area contributed by atoms with E-state index in [1.807, 2.05) is 32.2 Å². The smallest absolute Gasteiger partial charge is 0.213 e. The van der Waals surface area contributed by atoms with Crippen molar-refractivity contribution in [2.24, 2.45) is 4.99 Å². The standard InChI is InChI=1S/C20H28N4O/c1-5-21-20(23-12-17-8-6-16(4)7-9-17)24-14-18-10-11-19(22-13-18)25-15(2)3/h6-11,13,15H,5,12,14H2,1-4H3,(H2,21,23,24). The molecule has 1 heterocycles. The number of hydrogen-bond acceptors (Lipinski definition) is 3. The van der Waals surface area contributed by atoms with Gasteiger partial charge in [0.25, 0.3) is 0 Å². The number of aliphatic imine (C=N–C) groups is 1. The lowest BCUT2D eigenvalue weighted by Gasteiger charge is -2.12. The number of pyridine rings is 1. The molecule has 2 rings (SSSR count). The fraction of sp³-hybridized carbons (Fsp3) is 0.400. The molecule has 134 valence electrons. The summed E-state index contributed by atoms with van der Waals surface area (Å²) in [4.78, 5) is 8.93. The van der Waals surface area contributed by atoms with Gasteiger partial charge in [-0.1, -0.05) is 35.9 Å². The van der Waals surface area contributed by atoms with Gasteiger partial charge >= 0.3 is 0 Å². The van der Waals surface area contributed by atoms with Crippen LogP contribution in [0.5, 0.6) is 5.88 Å². The number of guanidine groups is 1. The second-order valence-electron chi connectivity index (χ2n) is 6.21. The van der Waals surface area contributed by atoms with Crippen LogP contribution in [0.2, 0.25) is 0 Å². The summed E-state index contributed by atoms with van der Waals surface area (Å²) in [5.74, 6) is 1.44. The molecule has 2 N–H and O–H groups in total. The highest BCUT2D eigenvalue weighted by Crippen LogP contribution is 2.10. The van der Waals surface area contributed by atoms with Crippen LogP contribution in [-0.4, -0.2) is 23.6 Å². The highest BCUT2D eigenvalue weighted by atomic mass is 16.5. The summed E-state index contributed by atoms with van der Waals surface area (Å²) in [5.41, 5.74) is 3.54. The van der Waals surface area contributed by atoms with E-state index < -0.39 is 0 Å². The molecule has 0 saturated heterocycles. The number of hydrogen-bond donors (Lipinski definition) is 2. The Morgan fingerprint density at radius 2 is 1.80 bits per heavy atom. The third-order valence-electron chi connectivity index (χ3n) is 3.50. The lowest BCUT2D eigenvalue weighted by atomic mass is 10.1. The average Bonchev–Trinajstić information content (AvgIpc) is 2.59. The van der Waals surface area contributed by atoms with Crippen LogP contribution in [0.4, 0.5) is 0 Å². The summed E-state index contributed by atoms with van der Waals surface area (Å²) in [5, 5.41) is 6.62. The Kier molecular flexibility index (Phi) is 7.26. The number of aryl methyl sites for hydroxylation is 1. The van der Waals surface area contributed by atoms with Crippen molar-refractivity contribution in [1.82, 2.24) is 15.6 Å². The van der Waals surface area contributed by atoms with Crippen LogP contribution in [0, 0.1) is 6.92 Å². The highest BCUT2D eigenvalue weighted by molar-refractivity contribution is 5.79. The van der Waals surface area contributed by atoms with Crippen LogP contribution < -0.4 is 15.4 Å². The van der Waals surface area contributed by atoms with Crippen molar-refractivity contribution in [3.05, 3.63) is 59.3 Å². The number of benzene rings is 1. The minimum atomic E-state index is 0.128. The van der Waals surface area contributed by atoms with Crippen molar-refractivity contribution in [1.29, 1.82) is 0 Å². The Bertz CT molecular complexity index is 663. The maximum absolute atomic E-state index is 5.56. The Labute approximate surface area is 150 Å². The molecule has 0 aliphatic carbocycles. The molecule has 0 amide bonds. The van der Waals surface area contributed by atoms with Gasteiger partial charge in [-0.2, -0.15) is 0 Å². The Hall–Kier alpha value is -2.56. The third kappa shape index (κ3) is 6.83. The van der Waals surface area contributed by atoms with E-state index in [1.165, 1.54) is 11.1 Å². The predicted octanol–water partition coefficient (Wildman–Crippen LogP) is 3.43. The van der Waals surface area contributed by atoms with Crippen molar-refractivity contribution < 1.29 is 4.74 Å². The first-order valence-corrected chi connectivity index (χ1v) is 8.76. The van der Waals surface area contributed by atoms with E-state index in [0.29, 0.717) is 12.4 Å². The van der Waals surface area contributed by atoms with E-state index in [2.05, 4.69) is 58.7 Å². The van der Waals surface area contributed by atoms with E-state index in [0.717, 1.165) is 24.6 Å². The number of nitrogens with zero attached hydrogens (tertiary/aromatic N) is 2. The molecule has 1 aromatic heterocycles. The van der Waals surface area contributed by atoms with Gasteiger partial charge in [0, 0.05) is 25.4 Å². The fourth-order valence-corrected chi connectivity index (χ4v) is 2.22. The van der Waals surface area contributed by atoms with Gasteiger partial charge in [-0.15, -0.1) is 0 Å². The maximum atomic E-state index is 5.56. The third-order valence-corrected chi connectivity index (χ3v) is 3.50. The van der Waals surface area contributed by atoms with Gasteiger partial charge in [0.05, 0.1) is 12.6 Å². The van der Waals surface area contributed by atoms with Crippen LogP contribution in [0.3, 0.4) is 0 Å². The lowest BCUT2D eigenvalue weighted by Crippen LogP contribution is -2.36. The minimum absolute atomic E-state index is 0.128. The Morgan fingerprint density at radius 1 is 1.08 bits per heavy atom. The van der Waals surface area contributed by atoms with Crippen LogP contribution in [0.1, 0.15) is 37.5 Å². The number of rotatable bonds is 7. The fourth-order valence-electron chi connectivity index (χ4n) is 2.22. The SMILES string of the molecule is CCNC(=NCc1ccc(OC(C)C)nc1)NCc1ccc(C)cc1. The van der Waals surface area contributed by atoms with Crippen molar-refractivity contribution >= 4 is 5.96 Å². The van der Waals surface area contributed by atoms with Gasteiger partial charge in [0.1, 0.15) is 0 Å². The number of ether oxygens (including phenoxy) is 1. The molecule has 0 radical (unpaired) electrons. The molecular formula is C20H28N4O. The summed E-state index contributed by atoms with van der Waals surface area (Å²) >= 11 is 0. The van der Waals surface area contributed by atoms with Gasteiger partial charge in [-0.25, -0.2) is 9.98 Å². The first kappa shape index (κ1) is 18.8. The van der Waals surface area contributed by atoms with Gasteiger partial charge in [-0.05, 0) is 38.8 Å². The molecule has 0 atom stereocenters. The average molecular weight is 340 g/mol. The molecule has 2 aromatic rings. The number of aromatic nitrogens is 1. The van der Waals surface area contributed by atoms with E-state index in [4.69, 9.17) is 4.74 Å². The highest BCUT2D eigenvalue weighted by Gasteiger charge is 2.01. The van der Waals surface area contributed by atoms with Crippen molar-refractivity contribution in [2.75, 3.05) is 6.54 Å². The van der Waals surface area contributed by atoms with Crippen molar-refractivity contribution in [3.8, 4) is 5.88 Å². The van der Waals surface area contributed by atoms with Crippen LogP contribution in [-0.2, 0) is 13.1 Å². The predicted molar refractivity (Wildman–Crippen MR) is 103 cm³/mol. The summed E-state index contributed by atoms with van der Waals surface area (Å²) in [7, 11) is 0. The minimum Gasteiger partial charge on any atom is -0.475 e. The zero-order valence-electron chi connectivity index (χ0n) is 15.5. The molecule has 5 nitrogen and oxygen atoms in total. The first-order valence-electron chi connectivity index (χ1n) is 8.76. The van der Waals surface area contributed by atoms with Crippen molar-refractivity contribution in [2.45, 2.75) is 46.9 Å². The summed E-state index contributed by atoms with van der Waals surface area (Å²) < 4.78 is 5.56. The molecule has 0 saturated carbocycles. The zero-order valence-corrected chi connectivity index (χ0v) is 15.5. The molecule has 0 aliphatic rings. The second-order valence-corrected chi connectivity index (χ2v) is 6.21. The van der Waals surface area contributed by atoms with E-state index in [9.17, 15) is 0 Å². The van der Waals surface area contributed by atoms with Gasteiger partial charge in [0.2, 0.25) is 5.88 Å². The topological polar surface area (TPSA) is 58.5 Å². The van der Waals surface area contributed by atoms with Crippen LogP contribution in [0.25, 0.3) is 0 Å². The molecule has 0 unspecified atom stereocenters. The molecule has 0 spiro atoms. The molecule has 5 heteroatoms. The second kappa shape index (κ2) is 9.67. The lowest BCUT2D eigenvalue weighted by molar-refractivity contribution is 0.232. The maximum Gasteiger partial charge on any atom is 0.213 e. The van der Waals surface area contributed by atoms with Gasteiger partial charge in [-0.3, -0.25) is 0 Å². The van der Waals surface area contributed by atoms with E-state index >= 15 is 0 Å². The molecule has 0 bridgehead atoms. The quantitative estimate of drug-likeness (QED) is 0.599. The van der Waals surface area contributed by atoms with Gasteiger partial charge in [0.15, 0.2) is 5.96 Å². The van der Waals surface area contributed by atoms with E-state index in [1.54, 1.807) is 0 Å².